The van der Waals surface area contributed by atoms with Gasteiger partial charge in [0.25, 0.3) is 0 Å². The van der Waals surface area contributed by atoms with Crippen molar-refractivity contribution in [2.24, 2.45) is 4.99 Å². The lowest BCUT2D eigenvalue weighted by atomic mass is 9.96. The van der Waals surface area contributed by atoms with Gasteiger partial charge in [-0.1, -0.05) is 19.3 Å². The molecule has 1 aromatic rings. The molecule has 0 unspecified atom stereocenters. The van der Waals surface area contributed by atoms with E-state index in [1.807, 2.05) is 19.4 Å². The van der Waals surface area contributed by atoms with Gasteiger partial charge in [-0.15, -0.1) is 0 Å². The van der Waals surface area contributed by atoms with Crippen molar-refractivity contribution in [1.82, 2.24) is 15.6 Å². The zero-order chi connectivity index (χ0) is 14.2. The first-order chi connectivity index (χ1) is 9.79. The predicted molar refractivity (Wildman–Crippen MR) is 84.0 cm³/mol. The standard InChI is InChI=1S/C16H26N4/c1-13-12-18-10-8-14(13)9-11-19-16(17-2)20-15-6-4-3-5-7-15/h8,10,12,15H,3-7,9,11H2,1-2H3,(H2,17,19,20). The summed E-state index contributed by atoms with van der Waals surface area (Å²) in [6, 6.07) is 2.69. The Kier molecular flexibility index (Phi) is 5.84. The quantitative estimate of drug-likeness (QED) is 0.655. The lowest BCUT2D eigenvalue weighted by Gasteiger charge is -2.24. The van der Waals surface area contributed by atoms with Gasteiger partial charge in [0.15, 0.2) is 5.96 Å². The fourth-order valence-electron chi connectivity index (χ4n) is 2.73. The normalized spacial score (nSPS) is 17.0. The number of nitrogens with zero attached hydrogens (tertiary/aromatic N) is 2. The van der Waals surface area contributed by atoms with Gasteiger partial charge in [0, 0.05) is 32.0 Å². The first-order valence-corrected chi connectivity index (χ1v) is 7.66. The highest BCUT2D eigenvalue weighted by atomic mass is 15.2. The van der Waals surface area contributed by atoms with Gasteiger partial charge in [0.05, 0.1) is 0 Å². The third-order valence-corrected chi connectivity index (χ3v) is 3.99. The molecule has 4 heteroatoms. The lowest BCUT2D eigenvalue weighted by Crippen LogP contribution is -2.44. The van der Waals surface area contributed by atoms with Gasteiger partial charge in [-0.25, -0.2) is 0 Å². The Labute approximate surface area is 122 Å². The molecule has 2 rings (SSSR count). The molecule has 1 saturated carbocycles. The molecule has 0 saturated heterocycles. The molecule has 20 heavy (non-hydrogen) atoms. The maximum Gasteiger partial charge on any atom is 0.191 e. The van der Waals surface area contributed by atoms with Gasteiger partial charge in [0.1, 0.15) is 0 Å². The summed E-state index contributed by atoms with van der Waals surface area (Å²) in [5.74, 6) is 0.934. The minimum absolute atomic E-state index is 0.595. The molecule has 4 nitrogen and oxygen atoms in total. The van der Waals surface area contributed by atoms with Crippen molar-refractivity contribution < 1.29 is 0 Å². The maximum atomic E-state index is 4.32. The van der Waals surface area contributed by atoms with Crippen molar-refractivity contribution in [3.05, 3.63) is 29.6 Å². The van der Waals surface area contributed by atoms with Gasteiger partial charge >= 0.3 is 0 Å². The molecular formula is C16H26N4. The molecule has 1 aliphatic carbocycles. The number of hydrogen-bond acceptors (Lipinski definition) is 2. The third kappa shape index (κ3) is 4.51. The topological polar surface area (TPSA) is 49.3 Å². The fraction of sp³-hybridized carbons (Fsp3) is 0.625. The number of aryl methyl sites for hydroxylation is 1. The molecule has 0 atom stereocenters. The lowest BCUT2D eigenvalue weighted by molar-refractivity contribution is 0.410. The Morgan fingerprint density at radius 2 is 2.15 bits per heavy atom. The van der Waals surface area contributed by atoms with E-state index in [0.717, 1.165) is 18.9 Å². The molecule has 110 valence electrons. The van der Waals surface area contributed by atoms with E-state index in [1.54, 1.807) is 0 Å². The van der Waals surface area contributed by atoms with Crippen molar-refractivity contribution in [2.75, 3.05) is 13.6 Å². The summed E-state index contributed by atoms with van der Waals surface area (Å²) in [7, 11) is 1.84. The highest BCUT2D eigenvalue weighted by Gasteiger charge is 2.14. The first kappa shape index (κ1) is 14.8. The van der Waals surface area contributed by atoms with Gasteiger partial charge < -0.3 is 10.6 Å². The van der Waals surface area contributed by atoms with Crippen molar-refractivity contribution in [1.29, 1.82) is 0 Å². The van der Waals surface area contributed by atoms with Crippen LogP contribution >= 0.6 is 0 Å². The van der Waals surface area contributed by atoms with E-state index in [0.29, 0.717) is 6.04 Å². The Morgan fingerprint density at radius 1 is 1.35 bits per heavy atom. The van der Waals surface area contributed by atoms with E-state index in [2.05, 4.69) is 33.6 Å². The van der Waals surface area contributed by atoms with Crippen molar-refractivity contribution in [3.63, 3.8) is 0 Å². The Morgan fingerprint density at radius 3 is 2.85 bits per heavy atom. The highest BCUT2D eigenvalue weighted by molar-refractivity contribution is 5.79. The summed E-state index contributed by atoms with van der Waals surface area (Å²) < 4.78 is 0. The summed E-state index contributed by atoms with van der Waals surface area (Å²) in [5.41, 5.74) is 2.60. The number of guanidine groups is 1. The molecule has 0 bridgehead atoms. The number of hydrogen-bond donors (Lipinski definition) is 2. The Balaban J connectivity index is 1.75. The Bertz CT molecular complexity index is 436. The van der Waals surface area contributed by atoms with Gasteiger partial charge in [0.2, 0.25) is 0 Å². The fourth-order valence-corrected chi connectivity index (χ4v) is 2.73. The predicted octanol–water partition coefficient (Wildman–Crippen LogP) is 2.43. The van der Waals surface area contributed by atoms with Crippen LogP contribution in [0.3, 0.4) is 0 Å². The van der Waals surface area contributed by atoms with E-state index < -0.39 is 0 Å². The van der Waals surface area contributed by atoms with E-state index in [-0.39, 0.29) is 0 Å². The van der Waals surface area contributed by atoms with Crippen LogP contribution in [0.1, 0.15) is 43.2 Å². The smallest absolute Gasteiger partial charge is 0.191 e. The number of nitrogens with one attached hydrogen (secondary N) is 2. The average molecular weight is 274 g/mol. The number of aliphatic imine (C=N–C) groups is 1. The second-order valence-corrected chi connectivity index (χ2v) is 5.53. The van der Waals surface area contributed by atoms with Crippen molar-refractivity contribution >= 4 is 5.96 Å². The minimum atomic E-state index is 0.595. The second-order valence-electron chi connectivity index (χ2n) is 5.53. The monoisotopic (exact) mass is 274 g/mol. The first-order valence-electron chi connectivity index (χ1n) is 7.66. The van der Waals surface area contributed by atoms with Crippen LogP contribution in [0.15, 0.2) is 23.5 Å². The minimum Gasteiger partial charge on any atom is -0.356 e. The summed E-state index contributed by atoms with van der Waals surface area (Å²) in [6.07, 6.45) is 11.4. The molecule has 1 fully saturated rings. The molecule has 1 aliphatic rings. The molecule has 1 aromatic heterocycles. The molecule has 0 spiro atoms. The molecular weight excluding hydrogens is 248 g/mol. The van der Waals surface area contributed by atoms with E-state index in [1.165, 1.54) is 43.2 Å². The van der Waals surface area contributed by atoms with Crippen molar-refractivity contribution in [3.8, 4) is 0 Å². The summed E-state index contributed by atoms with van der Waals surface area (Å²) in [4.78, 5) is 8.44. The van der Waals surface area contributed by atoms with Gasteiger partial charge in [-0.2, -0.15) is 0 Å². The molecule has 0 amide bonds. The number of aromatic nitrogens is 1. The van der Waals surface area contributed by atoms with Crippen molar-refractivity contribution in [2.45, 2.75) is 51.5 Å². The van der Waals surface area contributed by atoms with Crippen LogP contribution in [0.4, 0.5) is 0 Å². The summed E-state index contributed by atoms with van der Waals surface area (Å²) >= 11 is 0. The van der Waals surface area contributed by atoms with Crippen LogP contribution in [0.5, 0.6) is 0 Å². The molecule has 1 heterocycles. The van der Waals surface area contributed by atoms with E-state index >= 15 is 0 Å². The maximum absolute atomic E-state index is 4.32. The molecule has 0 aromatic carbocycles. The zero-order valence-corrected chi connectivity index (χ0v) is 12.7. The van der Waals surface area contributed by atoms with Crippen LogP contribution in [0.2, 0.25) is 0 Å². The number of rotatable bonds is 4. The zero-order valence-electron chi connectivity index (χ0n) is 12.7. The highest BCUT2D eigenvalue weighted by Crippen LogP contribution is 2.17. The van der Waals surface area contributed by atoms with Crippen LogP contribution in [-0.4, -0.2) is 30.6 Å². The van der Waals surface area contributed by atoms with E-state index in [9.17, 15) is 0 Å². The Hall–Kier alpha value is -1.58. The van der Waals surface area contributed by atoms with E-state index in [4.69, 9.17) is 0 Å². The van der Waals surface area contributed by atoms with Gasteiger partial charge in [-0.05, 0) is 43.4 Å². The van der Waals surface area contributed by atoms with Crippen LogP contribution < -0.4 is 10.6 Å². The second kappa shape index (κ2) is 7.88. The molecule has 2 N–H and O–H groups in total. The van der Waals surface area contributed by atoms with Crippen LogP contribution in [-0.2, 0) is 6.42 Å². The van der Waals surface area contributed by atoms with Crippen LogP contribution in [0, 0.1) is 6.92 Å². The molecule has 0 radical (unpaired) electrons. The summed E-state index contributed by atoms with van der Waals surface area (Å²) in [6.45, 7) is 3.01. The molecule has 0 aliphatic heterocycles. The largest absolute Gasteiger partial charge is 0.356 e. The SMILES string of the molecule is CN=C(NCCc1ccncc1C)NC1CCCCC1. The van der Waals surface area contributed by atoms with Gasteiger partial charge in [-0.3, -0.25) is 9.98 Å². The number of pyridine rings is 1. The van der Waals surface area contributed by atoms with Crippen LogP contribution in [0.25, 0.3) is 0 Å². The summed E-state index contributed by atoms with van der Waals surface area (Å²) in [5, 5.41) is 6.94. The average Bonchev–Trinajstić information content (AvgIpc) is 2.49. The third-order valence-electron chi connectivity index (χ3n) is 3.99.